The summed E-state index contributed by atoms with van der Waals surface area (Å²) in [6.45, 7) is 1.71. The molecule has 0 saturated heterocycles. The molecular formula is C21H24N2O5. The van der Waals surface area contributed by atoms with E-state index in [9.17, 15) is 19.5 Å². The monoisotopic (exact) mass is 384 g/mol. The predicted octanol–water partition coefficient (Wildman–Crippen LogP) is 1.99. The minimum atomic E-state index is -1.21. The van der Waals surface area contributed by atoms with Gasteiger partial charge >= 0.3 is 5.97 Å². The smallest absolute Gasteiger partial charge is 0.330 e. The third kappa shape index (κ3) is 6.42. The number of nitrogens with one attached hydrogen (secondary N) is 2. The zero-order valence-electron chi connectivity index (χ0n) is 15.9. The minimum absolute atomic E-state index is 0.247. The molecule has 2 aromatic rings. The van der Waals surface area contributed by atoms with Crippen LogP contribution in [-0.2, 0) is 20.8 Å². The summed E-state index contributed by atoms with van der Waals surface area (Å²) in [5.41, 5.74) is 2.60. The summed E-state index contributed by atoms with van der Waals surface area (Å²) >= 11 is 0. The fourth-order valence-electron chi connectivity index (χ4n) is 2.58. The number of amides is 2. The number of aryl methyl sites for hydroxylation is 2. The predicted molar refractivity (Wildman–Crippen MR) is 104 cm³/mol. The Kier molecular flexibility index (Phi) is 7.56. The summed E-state index contributed by atoms with van der Waals surface area (Å²) in [5, 5.41) is 14.3. The Bertz CT molecular complexity index is 816. The molecule has 0 fully saturated rings. The van der Waals surface area contributed by atoms with E-state index in [1.807, 2.05) is 31.2 Å². The van der Waals surface area contributed by atoms with Gasteiger partial charge in [0.2, 0.25) is 11.8 Å². The van der Waals surface area contributed by atoms with E-state index in [4.69, 9.17) is 4.74 Å². The quantitative estimate of drug-likeness (QED) is 0.613. The molecule has 2 rings (SSSR count). The molecule has 1 atom stereocenters. The Morgan fingerprint density at radius 3 is 2.21 bits per heavy atom. The molecule has 3 N–H and O–H groups in total. The standard InChI is InChI=1S/C21H24N2O5/c1-14-3-5-15(6-4-14)7-12-18(24)22-13-19(25)23-20(21(26)27)16-8-10-17(28-2)11-9-16/h3-6,8-11,20H,7,12-13H2,1-2H3,(H,22,24)(H,23,25)(H,26,27). The highest BCUT2D eigenvalue weighted by Gasteiger charge is 2.22. The topological polar surface area (TPSA) is 105 Å². The summed E-state index contributed by atoms with van der Waals surface area (Å²) in [6.07, 6.45) is 0.814. The summed E-state index contributed by atoms with van der Waals surface area (Å²) in [6, 6.07) is 13.0. The van der Waals surface area contributed by atoms with Gasteiger partial charge in [0, 0.05) is 6.42 Å². The van der Waals surface area contributed by atoms with Crippen molar-refractivity contribution in [3.05, 3.63) is 65.2 Å². The highest BCUT2D eigenvalue weighted by atomic mass is 16.5. The van der Waals surface area contributed by atoms with Crippen LogP contribution < -0.4 is 15.4 Å². The molecule has 0 radical (unpaired) electrons. The van der Waals surface area contributed by atoms with Crippen LogP contribution in [0.2, 0.25) is 0 Å². The highest BCUT2D eigenvalue weighted by Crippen LogP contribution is 2.18. The third-order valence-corrected chi connectivity index (χ3v) is 4.21. The van der Waals surface area contributed by atoms with Crippen LogP contribution in [0.15, 0.2) is 48.5 Å². The van der Waals surface area contributed by atoms with Crippen LogP contribution in [0.5, 0.6) is 5.75 Å². The highest BCUT2D eigenvalue weighted by molar-refractivity contribution is 5.88. The molecule has 0 aliphatic rings. The van der Waals surface area contributed by atoms with Crippen molar-refractivity contribution in [2.24, 2.45) is 0 Å². The average molecular weight is 384 g/mol. The Morgan fingerprint density at radius 1 is 1.00 bits per heavy atom. The number of carbonyl (C=O) groups excluding carboxylic acids is 2. The zero-order chi connectivity index (χ0) is 20.5. The summed E-state index contributed by atoms with van der Waals surface area (Å²) < 4.78 is 5.03. The first-order chi connectivity index (χ1) is 13.4. The SMILES string of the molecule is COc1ccc(C(NC(=O)CNC(=O)CCc2ccc(C)cc2)C(=O)O)cc1. The van der Waals surface area contributed by atoms with Gasteiger partial charge in [0.25, 0.3) is 0 Å². The van der Waals surface area contributed by atoms with Crippen molar-refractivity contribution in [1.82, 2.24) is 10.6 Å². The number of carboxylic acids is 1. The average Bonchev–Trinajstić information content (AvgIpc) is 2.70. The molecule has 7 heteroatoms. The van der Waals surface area contributed by atoms with Gasteiger partial charge in [0.15, 0.2) is 6.04 Å². The van der Waals surface area contributed by atoms with Crippen molar-refractivity contribution >= 4 is 17.8 Å². The molecule has 2 amide bonds. The number of aliphatic carboxylic acids is 1. The molecule has 0 aromatic heterocycles. The molecule has 0 heterocycles. The number of ether oxygens (including phenoxy) is 1. The number of benzene rings is 2. The van der Waals surface area contributed by atoms with Crippen LogP contribution in [0.3, 0.4) is 0 Å². The Labute approximate surface area is 163 Å². The third-order valence-electron chi connectivity index (χ3n) is 4.21. The maximum absolute atomic E-state index is 12.1. The van der Waals surface area contributed by atoms with E-state index in [2.05, 4.69) is 10.6 Å². The van der Waals surface area contributed by atoms with Crippen LogP contribution in [0.1, 0.15) is 29.2 Å². The van der Waals surface area contributed by atoms with Gasteiger partial charge in [0.1, 0.15) is 5.75 Å². The number of hydrogen-bond acceptors (Lipinski definition) is 4. The lowest BCUT2D eigenvalue weighted by Gasteiger charge is -2.15. The van der Waals surface area contributed by atoms with E-state index in [1.54, 1.807) is 24.3 Å². The first-order valence-corrected chi connectivity index (χ1v) is 8.87. The van der Waals surface area contributed by atoms with Gasteiger partial charge in [-0.2, -0.15) is 0 Å². The van der Waals surface area contributed by atoms with E-state index in [0.717, 1.165) is 11.1 Å². The van der Waals surface area contributed by atoms with Gasteiger partial charge in [-0.3, -0.25) is 9.59 Å². The van der Waals surface area contributed by atoms with E-state index < -0.39 is 17.9 Å². The molecule has 0 saturated carbocycles. The number of carbonyl (C=O) groups is 3. The van der Waals surface area contributed by atoms with Crippen molar-refractivity contribution in [1.29, 1.82) is 0 Å². The molecule has 148 valence electrons. The van der Waals surface area contributed by atoms with Gasteiger partial charge < -0.3 is 20.5 Å². The lowest BCUT2D eigenvalue weighted by Crippen LogP contribution is -2.41. The molecule has 28 heavy (non-hydrogen) atoms. The molecule has 0 aliphatic carbocycles. The number of carboxylic acid groups (broad SMARTS) is 1. The minimum Gasteiger partial charge on any atom is -0.497 e. The van der Waals surface area contributed by atoms with Gasteiger partial charge in [-0.05, 0) is 36.6 Å². The van der Waals surface area contributed by atoms with E-state index >= 15 is 0 Å². The van der Waals surface area contributed by atoms with Crippen molar-refractivity contribution < 1.29 is 24.2 Å². The van der Waals surface area contributed by atoms with Crippen LogP contribution in [0.25, 0.3) is 0 Å². The van der Waals surface area contributed by atoms with Crippen molar-refractivity contribution in [3.8, 4) is 5.75 Å². The number of hydrogen-bond donors (Lipinski definition) is 3. The van der Waals surface area contributed by atoms with Crippen LogP contribution in [0, 0.1) is 6.92 Å². The number of methoxy groups -OCH3 is 1. The van der Waals surface area contributed by atoms with Crippen LogP contribution >= 0.6 is 0 Å². The van der Waals surface area contributed by atoms with Crippen molar-refractivity contribution in [2.75, 3.05) is 13.7 Å². The zero-order valence-corrected chi connectivity index (χ0v) is 15.9. The summed E-state index contributed by atoms with van der Waals surface area (Å²) in [5.74, 6) is -1.46. The summed E-state index contributed by atoms with van der Waals surface area (Å²) in [7, 11) is 1.51. The molecule has 7 nitrogen and oxygen atoms in total. The fraction of sp³-hybridized carbons (Fsp3) is 0.286. The first-order valence-electron chi connectivity index (χ1n) is 8.87. The van der Waals surface area contributed by atoms with Crippen LogP contribution in [-0.4, -0.2) is 36.5 Å². The summed E-state index contributed by atoms with van der Waals surface area (Å²) in [4.78, 5) is 35.5. The molecule has 0 bridgehead atoms. The second-order valence-electron chi connectivity index (χ2n) is 6.37. The maximum atomic E-state index is 12.1. The van der Waals surface area contributed by atoms with E-state index in [1.165, 1.54) is 7.11 Å². The fourth-order valence-corrected chi connectivity index (χ4v) is 2.58. The molecular weight excluding hydrogens is 360 g/mol. The second-order valence-corrected chi connectivity index (χ2v) is 6.37. The van der Waals surface area contributed by atoms with Crippen molar-refractivity contribution in [2.45, 2.75) is 25.8 Å². The van der Waals surface area contributed by atoms with E-state index in [0.29, 0.717) is 17.7 Å². The Morgan fingerprint density at radius 2 is 1.64 bits per heavy atom. The van der Waals surface area contributed by atoms with Gasteiger partial charge in [-0.15, -0.1) is 0 Å². The lowest BCUT2D eigenvalue weighted by molar-refractivity contribution is -0.141. The molecule has 0 aliphatic heterocycles. The van der Waals surface area contributed by atoms with Gasteiger partial charge in [0.05, 0.1) is 13.7 Å². The molecule has 0 spiro atoms. The lowest BCUT2D eigenvalue weighted by atomic mass is 10.1. The molecule has 1 unspecified atom stereocenters. The Balaban J connectivity index is 1.82. The van der Waals surface area contributed by atoms with E-state index in [-0.39, 0.29) is 18.9 Å². The normalized spacial score (nSPS) is 11.4. The second kappa shape index (κ2) is 10.1. The van der Waals surface area contributed by atoms with Gasteiger partial charge in [-0.25, -0.2) is 4.79 Å². The Hall–Kier alpha value is -3.35. The van der Waals surface area contributed by atoms with Gasteiger partial charge in [-0.1, -0.05) is 42.0 Å². The van der Waals surface area contributed by atoms with Crippen molar-refractivity contribution in [3.63, 3.8) is 0 Å². The number of rotatable bonds is 9. The van der Waals surface area contributed by atoms with Crippen LogP contribution in [0.4, 0.5) is 0 Å². The molecule has 2 aromatic carbocycles. The maximum Gasteiger partial charge on any atom is 0.330 e. The first kappa shape index (κ1) is 21.0. The largest absolute Gasteiger partial charge is 0.497 e.